The number of ether oxygens (including phenoxy) is 2. The van der Waals surface area contributed by atoms with E-state index >= 15 is 0 Å². The molecule has 1 N–H and O–H groups in total. The summed E-state index contributed by atoms with van der Waals surface area (Å²) in [6.07, 6.45) is 0.145. The molecule has 1 unspecified atom stereocenters. The lowest BCUT2D eigenvalue weighted by Gasteiger charge is -2.24. The van der Waals surface area contributed by atoms with Gasteiger partial charge in [-0.1, -0.05) is 36.4 Å². The first-order valence-electron chi connectivity index (χ1n) is 10.1. The lowest BCUT2D eigenvalue weighted by molar-refractivity contribution is -0.143. The van der Waals surface area contributed by atoms with Gasteiger partial charge in [0.1, 0.15) is 11.4 Å². The summed E-state index contributed by atoms with van der Waals surface area (Å²) in [5.41, 5.74) is 1.33. The fourth-order valence-electron chi connectivity index (χ4n) is 3.67. The molecule has 5 nitrogen and oxygen atoms in total. The molecule has 0 aromatic heterocycles. The van der Waals surface area contributed by atoms with E-state index in [1.807, 2.05) is 30.3 Å². The number of esters is 1. The van der Waals surface area contributed by atoms with Crippen molar-refractivity contribution in [2.24, 2.45) is 0 Å². The van der Waals surface area contributed by atoms with Crippen LogP contribution in [0.15, 0.2) is 48.5 Å². The molecule has 2 atom stereocenters. The minimum Gasteiger partial charge on any atom is -0.466 e. The normalized spacial score (nSPS) is 20.4. The van der Waals surface area contributed by atoms with Crippen molar-refractivity contribution >= 4 is 12.1 Å². The third kappa shape index (κ3) is 5.38. The van der Waals surface area contributed by atoms with Crippen molar-refractivity contribution in [1.82, 2.24) is 5.32 Å². The molecule has 0 saturated heterocycles. The molecule has 2 aromatic rings. The van der Waals surface area contributed by atoms with Crippen LogP contribution in [0.5, 0.6) is 0 Å². The molecule has 3 rings (SSSR count). The van der Waals surface area contributed by atoms with Crippen LogP contribution < -0.4 is 5.32 Å². The molecule has 6 heteroatoms. The molecule has 1 fully saturated rings. The average Bonchev–Trinajstić information content (AvgIpc) is 3.33. The van der Waals surface area contributed by atoms with Gasteiger partial charge in [-0.05, 0) is 62.9 Å². The SMILES string of the molecule is CCOC(=O)CC1(NC(=O)OC(C)(C)C)C[C@H]1c1ccc(-c2cccc(F)c2)cc1. The zero-order valence-corrected chi connectivity index (χ0v) is 17.8. The highest BCUT2D eigenvalue weighted by atomic mass is 19.1. The first kappa shape index (κ1) is 21.8. The summed E-state index contributed by atoms with van der Waals surface area (Å²) < 4.78 is 24.0. The number of carbonyl (C=O) groups is 2. The van der Waals surface area contributed by atoms with Gasteiger partial charge in [0, 0.05) is 5.92 Å². The van der Waals surface area contributed by atoms with E-state index in [4.69, 9.17) is 9.47 Å². The number of halogens is 1. The van der Waals surface area contributed by atoms with Crippen LogP contribution in [-0.4, -0.2) is 29.8 Å². The Kier molecular flexibility index (Phi) is 6.15. The second kappa shape index (κ2) is 8.46. The molecule has 1 aliphatic carbocycles. The first-order valence-corrected chi connectivity index (χ1v) is 10.1. The fourth-order valence-corrected chi connectivity index (χ4v) is 3.67. The number of hydrogen-bond acceptors (Lipinski definition) is 4. The zero-order chi connectivity index (χ0) is 21.9. The number of nitrogens with one attached hydrogen (secondary N) is 1. The lowest BCUT2D eigenvalue weighted by Crippen LogP contribution is -2.43. The van der Waals surface area contributed by atoms with E-state index in [1.54, 1.807) is 33.8 Å². The average molecular weight is 413 g/mol. The second-order valence-corrected chi connectivity index (χ2v) is 8.65. The summed E-state index contributed by atoms with van der Waals surface area (Å²) >= 11 is 0. The molecule has 1 saturated carbocycles. The maximum Gasteiger partial charge on any atom is 0.408 e. The molecule has 1 aliphatic rings. The quantitative estimate of drug-likeness (QED) is 0.662. The van der Waals surface area contributed by atoms with Crippen LogP contribution >= 0.6 is 0 Å². The molecule has 0 aliphatic heterocycles. The molecule has 30 heavy (non-hydrogen) atoms. The van der Waals surface area contributed by atoms with Gasteiger partial charge in [0.25, 0.3) is 0 Å². The minimum absolute atomic E-state index is 0.0315. The molecule has 0 heterocycles. The second-order valence-electron chi connectivity index (χ2n) is 8.65. The number of benzene rings is 2. The van der Waals surface area contributed by atoms with Crippen LogP contribution in [0.2, 0.25) is 0 Å². The van der Waals surface area contributed by atoms with Crippen LogP contribution in [0.25, 0.3) is 11.1 Å². The fraction of sp³-hybridized carbons (Fsp3) is 0.417. The lowest BCUT2D eigenvalue weighted by atomic mass is 9.99. The predicted molar refractivity (Wildman–Crippen MR) is 113 cm³/mol. The van der Waals surface area contributed by atoms with E-state index in [2.05, 4.69) is 5.32 Å². The molecular weight excluding hydrogens is 385 g/mol. The number of hydrogen-bond donors (Lipinski definition) is 1. The number of carbonyl (C=O) groups excluding carboxylic acids is 2. The Morgan fingerprint density at radius 2 is 1.83 bits per heavy atom. The molecule has 0 bridgehead atoms. The van der Waals surface area contributed by atoms with Gasteiger partial charge in [-0.25, -0.2) is 9.18 Å². The predicted octanol–water partition coefficient (Wildman–Crippen LogP) is 5.20. The molecule has 0 radical (unpaired) electrons. The van der Waals surface area contributed by atoms with Gasteiger partial charge in [-0.2, -0.15) is 0 Å². The van der Waals surface area contributed by atoms with Crippen molar-refractivity contribution in [3.05, 3.63) is 59.9 Å². The van der Waals surface area contributed by atoms with Gasteiger partial charge >= 0.3 is 12.1 Å². The highest BCUT2D eigenvalue weighted by Gasteiger charge is 2.57. The monoisotopic (exact) mass is 413 g/mol. The Labute approximate surface area is 176 Å². The van der Waals surface area contributed by atoms with E-state index in [0.717, 1.165) is 16.7 Å². The number of alkyl carbamates (subject to hydrolysis) is 1. The highest BCUT2D eigenvalue weighted by Crippen LogP contribution is 2.54. The van der Waals surface area contributed by atoms with Crippen molar-refractivity contribution in [1.29, 1.82) is 0 Å². The van der Waals surface area contributed by atoms with Crippen molar-refractivity contribution < 1.29 is 23.5 Å². The van der Waals surface area contributed by atoms with Crippen molar-refractivity contribution in [2.45, 2.75) is 57.6 Å². The van der Waals surface area contributed by atoms with Crippen LogP contribution in [-0.2, 0) is 14.3 Å². The molecular formula is C24H28FNO4. The number of amides is 1. The minimum atomic E-state index is -0.727. The van der Waals surface area contributed by atoms with E-state index in [-0.39, 0.29) is 30.7 Å². The molecule has 1 amide bonds. The number of rotatable bonds is 6. The Morgan fingerprint density at radius 3 is 2.43 bits per heavy atom. The van der Waals surface area contributed by atoms with E-state index < -0.39 is 17.2 Å². The summed E-state index contributed by atoms with van der Waals surface area (Å²) in [7, 11) is 0. The first-order chi connectivity index (χ1) is 14.1. The van der Waals surface area contributed by atoms with Crippen molar-refractivity contribution in [3.8, 4) is 11.1 Å². The topological polar surface area (TPSA) is 64.6 Å². The maximum absolute atomic E-state index is 13.5. The van der Waals surface area contributed by atoms with Crippen LogP contribution in [0.1, 0.15) is 52.0 Å². The van der Waals surface area contributed by atoms with Gasteiger partial charge in [0.2, 0.25) is 0 Å². The third-order valence-corrected chi connectivity index (χ3v) is 5.06. The van der Waals surface area contributed by atoms with E-state index in [1.165, 1.54) is 12.1 Å². The summed E-state index contributed by atoms with van der Waals surface area (Å²) in [5, 5.41) is 2.90. The summed E-state index contributed by atoms with van der Waals surface area (Å²) in [6.45, 7) is 7.41. The Bertz CT molecular complexity index is 920. The van der Waals surface area contributed by atoms with Crippen LogP contribution in [0.3, 0.4) is 0 Å². The Hall–Kier alpha value is -2.89. The highest BCUT2D eigenvalue weighted by molar-refractivity contribution is 5.76. The summed E-state index contributed by atoms with van der Waals surface area (Å²) in [6, 6.07) is 14.2. The van der Waals surface area contributed by atoms with Gasteiger partial charge in [-0.3, -0.25) is 4.79 Å². The molecule has 160 valence electrons. The maximum atomic E-state index is 13.5. The summed E-state index contributed by atoms with van der Waals surface area (Å²) in [5.74, 6) is -0.669. The van der Waals surface area contributed by atoms with Gasteiger partial charge in [0.05, 0.1) is 18.6 Å². The van der Waals surface area contributed by atoms with Crippen molar-refractivity contribution in [2.75, 3.05) is 6.61 Å². The third-order valence-electron chi connectivity index (χ3n) is 5.06. The van der Waals surface area contributed by atoms with Crippen molar-refractivity contribution in [3.63, 3.8) is 0 Å². The largest absolute Gasteiger partial charge is 0.466 e. The Balaban J connectivity index is 1.78. The van der Waals surface area contributed by atoms with Crippen LogP contribution in [0.4, 0.5) is 9.18 Å². The molecule has 0 spiro atoms. The zero-order valence-electron chi connectivity index (χ0n) is 17.8. The summed E-state index contributed by atoms with van der Waals surface area (Å²) in [4.78, 5) is 24.5. The van der Waals surface area contributed by atoms with Gasteiger partial charge in [-0.15, -0.1) is 0 Å². The van der Waals surface area contributed by atoms with Crippen LogP contribution in [0, 0.1) is 5.82 Å². The van der Waals surface area contributed by atoms with Gasteiger partial charge < -0.3 is 14.8 Å². The smallest absolute Gasteiger partial charge is 0.408 e. The Morgan fingerprint density at radius 1 is 1.13 bits per heavy atom. The van der Waals surface area contributed by atoms with E-state index in [0.29, 0.717) is 6.42 Å². The molecule has 2 aromatic carbocycles. The standard InChI is InChI=1S/C24H28FNO4/c1-5-29-21(27)15-24(26-22(28)30-23(2,3)4)14-20(24)17-11-9-16(10-12-17)18-7-6-8-19(25)13-18/h6-13,20H,5,14-15H2,1-4H3,(H,26,28)/t20-,24?/m0/s1. The van der Waals surface area contributed by atoms with Gasteiger partial charge in [0.15, 0.2) is 0 Å². The van der Waals surface area contributed by atoms with E-state index in [9.17, 15) is 14.0 Å².